The maximum absolute atomic E-state index is 13.0. The van der Waals surface area contributed by atoms with Crippen LogP contribution in [0.25, 0.3) is 0 Å². The van der Waals surface area contributed by atoms with Crippen molar-refractivity contribution < 1.29 is 74.0 Å². The number of carbonyl (C=O) groups is 4. The minimum Gasteiger partial charge on any atom is -0.475 e. The van der Waals surface area contributed by atoms with Crippen LogP contribution in [0.2, 0.25) is 0 Å². The number of alkyl halides is 9. The van der Waals surface area contributed by atoms with E-state index in [0.717, 1.165) is 45.6 Å². The molecule has 3 aliphatic rings. The highest BCUT2D eigenvalue weighted by Crippen LogP contribution is 2.32. The Kier molecular flexibility index (Phi) is 16.1. The van der Waals surface area contributed by atoms with Gasteiger partial charge in [0.25, 0.3) is 0 Å². The van der Waals surface area contributed by atoms with Crippen molar-refractivity contribution in [2.45, 2.75) is 49.8 Å². The van der Waals surface area contributed by atoms with Gasteiger partial charge in [0.05, 0.1) is 0 Å². The number of carboxylic acids is 3. The molecule has 3 fully saturated rings. The third kappa shape index (κ3) is 14.1. The molecule has 44 heavy (non-hydrogen) atoms. The van der Waals surface area contributed by atoms with Gasteiger partial charge in [0.15, 0.2) is 0 Å². The first-order chi connectivity index (χ1) is 20.0. The van der Waals surface area contributed by atoms with Gasteiger partial charge < -0.3 is 30.0 Å². The van der Waals surface area contributed by atoms with Crippen molar-refractivity contribution in [3.63, 3.8) is 0 Å². The molecule has 20 heteroatoms. The summed E-state index contributed by atoms with van der Waals surface area (Å²) in [6.07, 6.45) is -8.74. The van der Waals surface area contributed by atoms with E-state index in [4.69, 9.17) is 29.7 Å². The second-order valence-corrected chi connectivity index (χ2v) is 9.79. The second kappa shape index (κ2) is 17.4. The number of carbonyl (C=O) groups excluding carboxylic acids is 1. The van der Waals surface area contributed by atoms with E-state index in [9.17, 15) is 44.3 Å². The lowest BCUT2D eigenvalue weighted by molar-refractivity contribution is -0.193. The van der Waals surface area contributed by atoms with Crippen LogP contribution in [-0.2, 0) is 19.2 Å². The van der Waals surface area contributed by atoms with E-state index >= 15 is 0 Å². The van der Waals surface area contributed by atoms with Crippen LogP contribution in [0.15, 0.2) is 12.7 Å². The lowest BCUT2D eigenvalue weighted by Crippen LogP contribution is -2.67. The van der Waals surface area contributed by atoms with Gasteiger partial charge in [-0.3, -0.25) is 9.69 Å². The highest BCUT2D eigenvalue weighted by molar-refractivity contribution is 5.87. The Morgan fingerprint density at radius 2 is 1.07 bits per heavy atom. The van der Waals surface area contributed by atoms with Gasteiger partial charge in [-0.1, -0.05) is 6.08 Å². The lowest BCUT2D eigenvalue weighted by atomic mass is 9.82. The number of likely N-dealkylation sites (tertiary alicyclic amines) is 2. The molecule has 0 aromatic rings. The number of aliphatic carboxylic acids is 3. The Hall–Kier alpha value is -3.13. The number of halogens is 9. The van der Waals surface area contributed by atoms with Crippen molar-refractivity contribution in [2.24, 2.45) is 0 Å². The molecule has 3 saturated heterocycles. The van der Waals surface area contributed by atoms with Crippen LogP contribution in [0.1, 0.15) is 25.7 Å². The van der Waals surface area contributed by atoms with Crippen molar-refractivity contribution in [3.8, 4) is 0 Å². The van der Waals surface area contributed by atoms with Crippen molar-refractivity contribution in [2.75, 3.05) is 66.0 Å². The molecule has 1 spiro atoms. The summed E-state index contributed by atoms with van der Waals surface area (Å²) in [5, 5.41) is 21.4. The summed E-state index contributed by atoms with van der Waals surface area (Å²) in [5.74, 6) is -7.95. The van der Waals surface area contributed by atoms with Gasteiger partial charge in [-0.2, -0.15) is 39.5 Å². The summed E-state index contributed by atoms with van der Waals surface area (Å²) >= 11 is 0. The molecule has 3 aliphatic heterocycles. The summed E-state index contributed by atoms with van der Waals surface area (Å²) in [6, 6.07) is 0. The van der Waals surface area contributed by atoms with E-state index in [1.54, 1.807) is 0 Å². The molecule has 0 atom stereocenters. The van der Waals surface area contributed by atoms with Crippen LogP contribution in [-0.4, -0.2) is 149 Å². The highest BCUT2D eigenvalue weighted by atomic mass is 19.4. The number of hydrogen-bond acceptors (Lipinski definition) is 7. The third-order valence-electron chi connectivity index (χ3n) is 6.81. The summed E-state index contributed by atoms with van der Waals surface area (Å²) in [4.78, 5) is 49.1. The summed E-state index contributed by atoms with van der Waals surface area (Å²) < 4.78 is 95.2. The number of likely N-dealkylation sites (N-methyl/N-ethyl adjacent to an activating group) is 1. The SMILES string of the molecule is C=CCN1CCN(C)C2(CCN(CCN3CCCC3)CC2)C1=O.O=C(O)C(F)(F)F.O=C(O)C(F)(F)F.O=C(O)C(F)(F)F. The maximum atomic E-state index is 13.0. The first-order valence-corrected chi connectivity index (χ1v) is 13.0. The monoisotopic (exact) mass is 662 g/mol. The van der Waals surface area contributed by atoms with Crippen molar-refractivity contribution >= 4 is 23.8 Å². The smallest absolute Gasteiger partial charge is 0.475 e. The Morgan fingerprint density at radius 3 is 1.39 bits per heavy atom. The van der Waals surface area contributed by atoms with Gasteiger partial charge in [0.1, 0.15) is 5.54 Å². The van der Waals surface area contributed by atoms with Crippen LogP contribution >= 0.6 is 0 Å². The number of rotatable bonds is 5. The third-order valence-corrected chi connectivity index (χ3v) is 6.81. The fraction of sp³-hybridized carbons (Fsp3) is 0.750. The van der Waals surface area contributed by atoms with E-state index in [-0.39, 0.29) is 5.54 Å². The molecule has 0 saturated carbocycles. The van der Waals surface area contributed by atoms with Crippen LogP contribution < -0.4 is 0 Å². The molecular formula is C24H35F9N4O7. The Balaban J connectivity index is 0.000000721. The predicted molar refractivity (Wildman–Crippen MR) is 135 cm³/mol. The van der Waals surface area contributed by atoms with E-state index in [1.807, 2.05) is 11.0 Å². The minimum atomic E-state index is -5.08. The van der Waals surface area contributed by atoms with Crippen molar-refractivity contribution in [1.82, 2.24) is 19.6 Å². The number of amides is 1. The maximum Gasteiger partial charge on any atom is 0.490 e. The zero-order valence-corrected chi connectivity index (χ0v) is 23.6. The number of piperidine rings is 1. The van der Waals surface area contributed by atoms with E-state index in [1.165, 1.54) is 32.5 Å². The zero-order chi connectivity index (χ0) is 34.5. The standard InChI is InChI=1S/C18H32N4O.3C2HF3O2/c1-3-8-22-16-13-19(2)18(17(22)23)6-11-21(12-7-18)15-14-20-9-4-5-10-20;3*3-2(4,5)1(6)7/h3H,1,4-16H2,2H3;3*(H,6,7). The molecule has 0 bridgehead atoms. The zero-order valence-electron chi connectivity index (χ0n) is 23.6. The van der Waals surface area contributed by atoms with E-state index in [2.05, 4.69) is 28.3 Å². The quantitative estimate of drug-likeness (QED) is 0.297. The average molecular weight is 663 g/mol. The Labute approximate surface area is 246 Å². The number of carboxylic acid groups (broad SMARTS) is 3. The van der Waals surface area contributed by atoms with Gasteiger partial charge in [0.2, 0.25) is 5.91 Å². The summed E-state index contributed by atoms with van der Waals surface area (Å²) in [5.41, 5.74) is -0.259. The molecule has 0 aromatic heterocycles. The molecule has 3 N–H and O–H groups in total. The van der Waals surface area contributed by atoms with Crippen LogP contribution in [0.5, 0.6) is 0 Å². The molecule has 0 radical (unpaired) electrons. The number of nitrogens with zero attached hydrogens (tertiary/aromatic N) is 4. The number of hydrogen-bond donors (Lipinski definition) is 3. The molecule has 0 aliphatic carbocycles. The van der Waals surface area contributed by atoms with Gasteiger partial charge in [0, 0.05) is 45.8 Å². The molecule has 3 heterocycles. The normalized spacial score (nSPS) is 19.5. The molecular weight excluding hydrogens is 627 g/mol. The minimum absolute atomic E-state index is 0.259. The average Bonchev–Trinajstić information content (AvgIpc) is 3.42. The fourth-order valence-corrected chi connectivity index (χ4v) is 4.41. The second-order valence-electron chi connectivity index (χ2n) is 9.79. The van der Waals surface area contributed by atoms with Gasteiger partial charge in [-0.05, 0) is 45.8 Å². The number of piperazine rings is 1. The molecule has 256 valence electrons. The summed E-state index contributed by atoms with van der Waals surface area (Å²) in [7, 11) is 2.13. The largest absolute Gasteiger partial charge is 0.490 e. The van der Waals surface area contributed by atoms with Crippen molar-refractivity contribution in [3.05, 3.63) is 12.7 Å². The van der Waals surface area contributed by atoms with Crippen LogP contribution in [0, 0.1) is 0 Å². The molecule has 11 nitrogen and oxygen atoms in total. The molecule has 0 unspecified atom stereocenters. The Bertz CT molecular complexity index is 904. The highest BCUT2D eigenvalue weighted by Gasteiger charge is 2.49. The van der Waals surface area contributed by atoms with Crippen molar-refractivity contribution in [1.29, 1.82) is 0 Å². The first kappa shape index (κ1) is 40.9. The first-order valence-electron chi connectivity index (χ1n) is 13.0. The van der Waals surface area contributed by atoms with Gasteiger partial charge in [-0.15, -0.1) is 6.58 Å². The van der Waals surface area contributed by atoms with Crippen LogP contribution in [0.3, 0.4) is 0 Å². The topological polar surface area (TPSA) is 142 Å². The van der Waals surface area contributed by atoms with E-state index in [0.29, 0.717) is 12.5 Å². The Morgan fingerprint density at radius 1 is 0.727 bits per heavy atom. The fourth-order valence-electron chi connectivity index (χ4n) is 4.41. The molecule has 0 aromatic carbocycles. The predicted octanol–water partition coefficient (Wildman–Crippen LogP) is 2.78. The summed E-state index contributed by atoms with van der Waals surface area (Å²) in [6.45, 7) is 13.3. The van der Waals surface area contributed by atoms with Gasteiger partial charge in [-0.25, -0.2) is 14.4 Å². The van der Waals surface area contributed by atoms with E-state index < -0.39 is 36.4 Å². The van der Waals surface area contributed by atoms with Gasteiger partial charge >= 0.3 is 36.4 Å². The lowest BCUT2D eigenvalue weighted by Gasteiger charge is -2.51. The molecule has 1 amide bonds. The molecule has 3 rings (SSSR count). The van der Waals surface area contributed by atoms with Crippen LogP contribution in [0.4, 0.5) is 39.5 Å².